The summed E-state index contributed by atoms with van der Waals surface area (Å²) >= 11 is 5.94. The van der Waals surface area contributed by atoms with Gasteiger partial charge in [0.05, 0.1) is 6.04 Å². The van der Waals surface area contributed by atoms with Crippen molar-refractivity contribution in [1.29, 1.82) is 0 Å². The molecule has 0 rings (SSSR count). The molecule has 0 saturated carbocycles. The van der Waals surface area contributed by atoms with E-state index in [9.17, 15) is 0 Å². The van der Waals surface area contributed by atoms with E-state index in [2.05, 4.69) is 13.8 Å². The van der Waals surface area contributed by atoms with Gasteiger partial charge in [0, 0.05) is 21.3 Å². The van der Waals surface area contributed by atoms with Gasteiger partial charge in [0.25, 0.3) is 0 Å². The molecule has 0 amide bonds. The Hall–Kier alpha value is 0.170. The second-order valence-corrected chi connectivity index (χ2v) is 3.77. The highest BCUT2D eigenvalue weighted by Crippen LogP contribution is 2.20. The Balaban J connectivity index is 4.38. The highest BCUT2D eigenvalue weighted by atomic mass is 35.5. The molecule has 0 saturated heterocycles. The van der Waals surface area contributed by atoms with Crippen molar-refractivity contribution in [2.45, 2.75) is 32.6 Å². The summed E-state index contributed by atoms with van der Waals surface area (Å²) in [5, 5.41) is 0. The summed E-state index contributed by atoms with van der Waals surface area (Å²) in [4.78, 5) is 0. The number of methoxy groups -OCH3 is 2. The molecule has 80 valence electrons. The normalized spacial score (nSPS) is 16.6. The largest absolute Gasteiger partial charge is 0.354 e. The van der Waals surface area contributed by atoms with Crippen molar-refractivity contribution < 1.29 is 9.47 Å². The minimum atomic E-state index is -0.266. The summed E-state index contributed by atoms with van der Waals surface area (Å²) in [7, 11) is 5.08. The van der Waals surface area contributed by atoms with Crippen molar-refractivity contribution in [2.24, 2.45) is 5.92 Å². The van der Waals surface area contributed by atoms with Crippen molar-refractivity contribution in [3.8, 4) is 0 Å². The molecular weight excluding hydrogens is 190 g/mol. The lowest BCUT2D eigenvalue weighted by atomic mass is 9.99. The fraction of sp³-hybridized carbons (Fsp3) is 1.00. The predicted molar refractivity (Wildman–Crippen MR) is 54.7 cm³/mol. The van der Waals surface area contributed by atoms with Gasteiger partial charge >= 0.3 is 0 Å². The molecule has 0 spiro atoms. The second-order valence-electron chi connectivity index (χ2n) is 3.24. The van der Waals surface area contributed by atoms with Crippen LogP contribution in [0.15, 0.2) is 0 Å². The van der Waals surface area contributed by atoms with E-state index >= 15 is 0 Å². The highest BCUT2D eigenvalue weighted by Gasteiger charge is 2.28. The van der Waals surface area contributed by atoms with E-state index < -0.39 is 0 Å². The van der Waals surface area contributed by atoms with Gasteiger partial charge in [0.2, 0.25) is 0 Å². The summed E-state index contributed by atoms with van der Waals surface area (Å²) in [6, 6.07) is 0.0849. The lowest BCUT2D eigenvalue weighted by Crippen LogP contribution is -2.43. The lowest BCUT2D eigenvalue weighted by Gasteiger charge is -2.32. The van der Waals surface area contributed by atoms with E-state index in [1.165, 1.54) is 0 Å². The number of nitrogens with zero attached hydrogens (tertiary/aromatic N) is 1. The van der Waals surface area contributed by atoms with Crippen molar-refractivity contribution in [3.05, 3.63) is 0 Å². The first-order chi connectivity index (χ1) is 6.08. The van der Waals surface area contributed by atoms with Gasteiger partial charge in [-0.1, -0.05) is 20.3 Å². The molecule has 0 heterocycles. The molecule has 4 heteroatoms. The number of rotatable bonds is 6. The molecule has 0 aliphatic heterocycles. The summed E-state index contributed by atoms with van der Waals surface area (Å²) in [6.07, 6.45) is 0.780. The number of hydrogen-bond donors (Lipinski definition) is 0. The van der Waals surface area contributed by atoms with Crippen molar-refractivity contribution >= 4 is 11.8 Å². The number of hydrogen-bond acceptors (Lipinski definition) is 3. The van der Waals surface area contributed by atoms with Crippen LogP contribution in [0.3, 0.4) is 0 Å². The first-order valence-electron chi connectivity index (χ1n) is 4.52. The van der Waals surface area contributed by atoms with Gasteiger partial charge in [-0.2, -0.15) is 0 Å². The van der Waals surface area contributed by atoms with Crippen LogP contribution < -0.4 is 0 Å². The van der Waals surface area contributed by atoms with Crippen LogP contribution >= 0.6 is 11.8 Å². The molecule has 0 fully saturated rings. The summed E-state index contributed by atoms with van der Waals surface area (Å²) in [5.41, 5.74) is 0. The van der Waals surface area contributed by atoms with Gasteiger partial charge in [-0.15, -0.1) is 0 Å². The minimum absolute atomic E-state index is 0.0849. The molecular formula is C9H20ClNO2. The third-order valence-corrected chi connectivity index (χ3v) is 2.61. The lowest BCUT2D eigenvalue weighted by molar-refractivity contribution is -0.144. The Morgan fingerprint density at radius 3 is 2.00 bits per heavy atom. The van der Waals surface area contributed by atoms with Crippen LogP contribution in [0.4, 0.5) is 0 Å². The second kappa shape index (κ2) is 6.60. The molecule has 0 aromatic rings. The molecule has 0 aliphatic rings. The summed E-state index contributed by atoms with van der Waals surface area (Å²) in [6.45, 7) is 4.26. The quantitative estimate of drug-likeness (QED) is 0.494. The Kier molecular flexibility index (Phi) is 6.68. The van der Waals surface area contributed by atoms with Crippen LogP contribution in [0.25, 0.3) is 0 Å². The van der Waals surface area contributed by atoms with Crippen LogP contribution in [-0.2, 0) is 9.47 Å². The van der Waals surface area contributed by atoms with Gasteiger partial charge in [-0.25, -0.2) is 4.42 Å². The van der Waals surface area contributed by atoms with E-state index in [0.29, 0.717) is 5.92 Å². The standard InChI is InChI=1S/C9H20ClNO2/c1-6-7(2)8(11(3)10)9(12-4)13-5/h7-9H,6H2,1-5H3/t7-,8-/m0/s1. The van der Waals surface area contributed by atoms with Crippen molar-refractivity contribution in [2.75, 3.05) is 21.3 Å². The van der Waals surface area contributed by atoms with Gasteiger partial charge in [0.15, 0.2) is 6.29 Å². The van der Waals surface area contributed by atoms with Crippen molar-refractivity contribution in [1.82, 2.24) is 4.42 Å². The summed E-state index contributed by atoms with van der Waals surface area (Å²) in [5.74, 6) is 0.437. The van der Waals surface area contributed by atoms with Crippen LogP contribution in [-0.4, -0.2) is 38.0 Å². The van der Waals surface area contributed by atoms with E-state index in [4.69, 9.17) is 21.3 Å². The van der Waals surface area contributed by atoms with E-state index in [0.717, 1.165) is 6.42 Å². The zero-order valence-corrected chi connectivity index (χ0v) is 9.84. The number of likely N-dealkylation sites (N-methyl/N-ethyl adjacent to an activating group) is 1. The predicted octanol–water partition coefficient (Wildman–Crippen LogP) is 2.11. The van der Waals surface area contributed by atoms with Crippen LogP contribution in [0, 0.1) is 5.92 Å². The molecule has 0 bridgehead atoms. The monoisotopic (exact) mass is 209 g/mol. The third-order valence-electron chi connectivity index (χ3n) is 2.38. The molecule has 0 N–H and O–H groups in total. The molecule has 0 aromatic heterocycles. The zero-order valence-electron chi connectivity index (χ0n) is 9.08. The van der Waals surface area contributed by atoms with Gasteiger partial charge in [-0.3, -0.25) is 0 Å². The topological polar surface area (TPSA) is 21.7 Å². The maximum absolute atomic E-state index is 5.94. The molecule has 2 atom stereocenters. The van der Waals surface area contributed by atoms with Crippen LogP contribution in [0.1, 0.15) is 20.3 Å². The summed E-state index contributed by atoms with van der Waals surface area (Å²) < 4.78 is 12.0. The minimum Gasteiger partial charge on any atom is -0.354 e. The van der Waals surface area contributed by atoms with Gasteiger partial charge in [0.1, 0.15) is 0 Å². The first kappa shape index (κ1) is 13.2. The van der Waals surface area contributed by atoms with Gasteiger partial charge < -0.3 is 9.47 Å². The Morgan fingerprint density at radius 2 is 1.77 bits per heavy atom. The van der Waals surface area contributed by atoms with Crippen LogP contribution in [0.2, 0.25) is 0 Å². The van der Waals surface area contributed by atoms with Crippen molar-refractivity contribution in [3.63, 3.8) is 0 Å². The molecule has 0 aromatic carbocycles. The third kappa shape index (κ3) is 3.81. The zero-order chi connectivity index (χ0) is 10.4. The average Bonchev–Trinajstić information content (AvgIpc) is 2.12. The Bertz CT molecular complexity index is 129. The highest BCUT2D eigenvalue weighted by molar-refractivity contribution is 6.13. The van der Waals surface area contributed by atoms with Gasteiger partial charge in [-0.05, 0) is 17.7 Å². The number of halogens is 1. The molecule has 0 aliphatic carbocycles. The molecule has 0 radical (unpaired) electrons. The fourth-order valence-corrected chi connectivity index (χ4v) is 1.69. The average molecular weight is 210 g/mol. The smallest absolute Gasteiger partial charge is 0.173 e. The molecule has 13 heavy (non-hydrogen) atoms. The molecule has 0 unspecified atom stereocenters. The van der Waals surface area contributed by atoms with Crippen LogP contribution in [0.5, 0.6) is 0 Å². The Morgan fingerprint density at radius 1 is 1.31 bits per heavy atom. The van der Waals surface area contributed by atoms with E-state index in [-0.39, 0.29) is 12.3 Å². The van der Waals surface area contributed by atoms with E-state index in [1.54, 1.807) is 18.6 Å². The molecule has 3 nitrogen and oxygen atoms in total. The maximum atomic E-state index is 5.94. The number of ether oxygens (including phenoxy) is 2. The fourth-order valence-electron chi connectivity index (χ4n) is 1.40. The SMILES string of the molecule is CC[C@H](C)[C@@H](C(OC)OC)N(C)Cl. The Labute approximate surface area is 86.1 Å². The van der Waals surface area contributed by atoms with E-state index in [1.807, 2.05) is 7.05 Å². The maximum Gasteiger partial charge on any atom is 0.173 e. The first-order valence-corrected chi connectivity index (χ1v) is 4.86.